The number of aliphatic hydroxyl groups excluding tert-OH is 1. The van der Waals surface area contributed by atoms with Crippen LogP contribution in [-0.2, 0) is 7.05 Å². The Bertz CT molecular complexity index is 388. The van der Waals surface area contributed by atoms with Crippen LogP contribution in [0.4, 0.5) is 0 Å². The number of hydrogen-bond acceptors (Lipinski definition) is 3. The third-order valence-electron chi connectivity index (χ3n) is 3.08. The van der Waals surface area contributed by atoms with Crippen molar-refractivity contribution in [2.75, 3.05) is 13.1 Å². The molecule has 1 fully saturated rings. The molecule has 1 aromatic heterocycles. The fraction of sp³-hybridized carbons (Fsp3) is 0.636. The molecule has 0 radical (unpaired) electrons. The number of likely N-dealkylation sites (tertiary alicyclic amines) is 1. The molecule has 1 amide bonds. The number of carbonyl (C=O) groups excluding carboxylic acids is 1. The topological polar surface area (TPSA) is 58.4 Å². The normalized spacial score (nSPS) is 25.8. The van der Waals surface area contributed by atoms with Gasteiger partial charge < -0.3 is 10.0 Å². The highest BCUT2D eigenvalue weighted by Gasteiger charge is 2.28. The summed E-state index contributed by atoms with van der Waals surface area (Å²) in [4.78, 5) is 13.8. The van der Waals surface area contributed by atoms with Crippen LogP contribution < -0.4 is 0 Å². The number of rotatable bonds is 1. The molecular weight excluding hydrogens is 206 g/mol. The van der Waals surface area contributed by atoms with Gasteiger partial charge in [-0.25, -0.2) is 0 Å². The van der Waals surface area contributed by atoms with E-state index in [9.17, 15) is 9.90 Å². The Labute approximate surface area is 94.7 Å². The minimum absolute atomic E-state index is 0.0423. The molecule has 2 unspecified atom stereocenters. The van der Waals surface area contributed by atoms with E-state index in [2.05, 4.69) is 5.10 Å². The largest absolute Gasteiger partial charge is 0.393 e. The molecule has 1 saturated heterocycles. The van der Waals surface area contributed by atoms with Crippen molar-refractivity contribution in [1.82, 2.24) is 14.7 Å². The molecular formula is C11H17N3O2. The summed E-state index contributed by atoms with van der Waals surface area (Å²) in [5.41, 5.74) is 0.478. The van der Waals surface area contributed by atoms with Gasteiger partial charge in [0.15, 0.2) is 0 Å². The van der Waals surface area contributed by atoms with E-state index in [4.69, 9.17) is 0 Å². The monoisotopic (exact) mass is 223 g/mol. The number of piperidine rings is 1. The summed E-state index contributed by atoms with van der Waals surface area (Å²) in [6.45, 7) is 3.18. The number of aromatic nitrogens is 2. The quantitative estimate of drug-likeness (QED) is 0.743. The summed E-state index contributed by atoms with van der Waals surface area (Å²) in [5.74, 6) is 0.0979. The molecule has 16 heavy (non-hydrogen) atoms. The van der Waals surface area contributed by atoms with Crippen molar-refractivity contribution in [2.45, 2.75) is 19.4 Å². The van der Waals surface area contributed by atoms with Gasteiger partial charge in [-0.2, -0.15) is 5.10 Å². The van der Waals surface area contributed by atoms with E-state index in [1.165, 1.54) is 0 Å². The first-order valence-corrected chi connectivity index (χ1v) is 5.55. The van der Waals surface area contributed by atoms with Gasteiger partial charge >= 0.3 is 0 Å². The van der Waals surface area contributed by atoms with Crippen LogP contribution in [0.5, 0.6) is 0 Å². The lowest BCUT2D eigenvalue weighted by Gasteiger charge is -2.33. The SMILES string of the molecule is CC1CN(C(=O)c2ccn(C)n2)CCC1O. The molecule has 2 atom stereocenters. The van der Waals surface area contributed by atoms with E-state index < -0.39 is 0 Å². The highest BCUT2D eigenvalue weighted by molar-refractivity contribution is 5.92. The smallest absolute Gasteiger partial charge is 0.274 e. The third kappa shape index (κ3) is 2.09. The van der Waals surface area contributed by atoms with Gasteiger partial charge in [0, 0.05) is 26.3 Å². The Hall–Kier alpha value is -1.36. The average Bonchev–Trinajstić information content (AvgIpc) is 2.68. The first-order valence-electron chi connectivity index (χ1n) is 5.55. The molecule has 5 heteroatoms. The molecule has 0 saturated carbocycles. The van der Waals surface area contributed by atoms with Crippen LogP contribution in [0.3, 0.4) is 0 Å². The first kappa shape index (κ1) is 11.1. The van der Waals surface area contributed by atoms with Crippen LogP contribution in [0.1, 0.15) is 23.8 Å². The molecule has 0 spiro atoms. The standard InChI is InChI=1S/C11H17N3O2/c1-8-7-14(6-4-10(8)15)11(16)9-3-5-13(2)12-9/h3,5,8,10,15H,4,6-7H2,1-2H3. The number of carbonyl (C=O) groups is 1. The summed E-state index contributed by atoms with van der Waals surface area (Å²) in [6, 6.07) is 1.72. The maximum Gasteiger partial charge on any atom is 0.274 e. The highest BCUT2D eigenvalue weighted by Crippen LogP contribution is 2.18. The Morgan fingerprint density at radius 2 is 2.38 bits per heavy atom. The highest BCUT2D eigenvalue weighted by atomic mass is 16.3. The zero-order valence-electron chi connectivity index (χ0n) is 9.63. The number of hydrogen-bond donors (Lipinski definition) is 1. The molecule has 88 valence electrons. The third-order valence-corrected chi connectivity index (χ3v) is 3.08. The lowest BCUT2D eigenvalue weighted by Crippen LogP contribution is -2.45. The van der Waals surface area contributed by atoms with Crippen LogP contribution in [0.15, 0.2) is 12.3 Å². The zero-order chi connectivity index (χ0) is 11.7. The van der Waals surface area contributed by atoms with Crippen LogP contribution >= 0.6 is 0 Å². The lowest BCUT2D eigenvalue weighted by molar-refractivity contribution is 0.0293. The number of amides is 1. The molecule has 2 heterocycles. The van der Waals surface area contributed by atoms with E-state index >= 15 is 0 Å². The number of aryl methyl sites for hydroxylation is 1. The van der Waals surface area contributed by atoms with Crippen molar-refractivity contribution in [1.29, 1.82) is 0 Å². The lowest BCUT2D eigenvalue weighted by atomic mass is 9.96. The second-order valence-electron chi connectivity index (χ2n) is 4.46. The van der Waals surface area contributed by atoms with Crippen molar-refractivity contribution in [2.24, 2.45) is 13.0 Å². The van der Waals surface area contributed by atoms with E-state index in [1.807, 2.05) is 6.92 Å². The van der Waals surface area contributed by atoms with Crippen LogP contribution in [-0.4, -0.2) is 44.9 Å². The van der Waals surface area contributed by atoms with Gasteiger partial charge in [-0.05, 0) is 18.4 Å². The average molecular weight is 223 g/mol. The fourth-order valence-electron chi connectivity index (χ4n) is 2.01. The van der Waals surface area contributed by atoms with Gasteiger partial charge in [-0.1, -0.05) is 6.92 Å². The van der Waals surface area contributed by atoms with Crippen LogP contribution in [0, 0.1) is 5.92 Å². The van der Waals surface area contributed by atoms with Crippen molar-refractivity contribution >= 4 is 5.91 Å². The molecule has 1 aliphatic rings. The van der Waals surface area contributed by atoms with Gasteiger partial charge in [-0.15, -0.1) is 0 Å². The minimum Gasteiger partial charge on any atom is -0.393 e. The van der Waals surface area contributed by atoms with Crippen molar-refractivity contribution < 1.29 is 9.90 Å². The van der Waals surface area contributed by atoms with Gasteiger partial charge in [-0.3, -0.25) is 9.48 Å². The van der Waals surface area contributed by atoms with Gasteiger partial charge in [0.05, 0.1) is 6.10 Å². The Balaban J connectivity index is 2.06. The van der Waals surface area contributed by atoms with Gasteiger partial charge in [0.1, 0.15) is 5.69 Å². The van der Waals surface area contributed by atoms with Gasteiger partial charge in [0.25, 0.3) is 5.91 Å². The predicted molar refractivity (Wildman–Crippen MR) is 58.9 cm³/mol. The minimum atomic E-state index is -0.284. The summed E-state index contributed by atoms with van der Waals surface area (Å²) >= 11 is 0. The van der Waals surface area contributed by atoms with Crippen molar-refractivity contribution in [3.05, 3.63) is 18.0 Å². The second kappa shape index (κ2) is 4.25. The number of nitrogens with zero attached hydrogens (tertiary/aromatic N) is 3. The zero-order valence-corrected chi connectivity index (χ0v) is 9.63. The molecule has 2 rings (SSSR count). The molecule has 1 aromatic rings. The maximum absolute atomic E-state index is 12.0. The molecule has 0 aliphatic carbocycles. The van der Waals surface area contributed by atoms with Crippen LogP contribution in [0.2, 0.25) is 0 Å². The maximum atomic E-state index is 12.0. The summed E-state index contributed by atoms with van der Waals surface area (Å²) in [6.07, 6.45) is 2.13. The second-order valence-corrected chi connectivity index (χ2v) is 4.46. The van der Waals surface area contributed by atoms with Crippen molar-refractivity contribution in [3.63, 3.8) is 0 Å². The fourth-order valence-corrected chi connectivity index (χ4v) is 2.01. The molecule has 1 aliphatic heterocycles. The molecule has 0 aromatic carbocycles. The van der Waals surface area contributed by atoms with E-state index in [0.29, 0.717) is 25.2 Å². The number of aliphatic hydroxyl groups is 1. The molecule has 5 nitrogen and oxygen atoms in total. The Morgan fingerprint density at radius 3 is 2.94 bits per heavy atom. The summed E-state index contributed by atoms with van der Waals surface area (Å²) < 4.78 is 1.62. The predicted octanol–water partition coefficient (Wildman–Crippen LogP) is 0.263. The van der Waals surface area contributed by atoms with Crippen LogP contribution in [0.25, 0.3) is 0 Å². The summed E-state index contributed by atoms with van der Waals surface area (Å²) in [5, 5.41) is 13.7. The Kier molecular flexibility index (Phi) is 2.96. The summed E-state index contributed by atoms with van der Waals surface area (Å²) in [7, 11) is 1.79. The van der Waals surface area contributed by atoms with Crippen molar-refractivity contribution in [3.8, 4) is 0 Å². The molecule has 0 bridgehead atoms. The first-order chi connectivity index (χ1) is 7.58. The van der Waals surface area contributed by atoms with E-state index in [-0.39, 0.29) is 17.9 Å². The van der Waals surface area contributed by atoms with E-state index in [1.54, 1.807) is 28.9 Å². The Morgan fingerprint density at radius 1 is 1.62 bits per heavy atom. The van der Waals surface area contributed by atoms with Gasteiger partial charge in [0.2, 0.25) is 0 Å². The molecule has 1 N–H and O–H groups in total. The van der Waals surface area contributed by atoms with E-state index in [0.717, 1.165) is 0 Å².